The predicted molar refractivity (Wildman–Crippen MR) is 92.9 cm³/mol. The number of nitrogens with zero attached hydrogens (tertiary/aromatic N) is 1. The molecule has 21 heavy (non-hydrogen) atoms. The van der Waals surface area contributed by atoms with E-state index in [2.05, 4.69) is 40.3 Å². The lowest BCUT2D eigenvalue weighted by Gasteiger charge is -2.24. The topological polar surface area (TPSA) is 20.3 Å². The van der Waals surface area contributed by atoms with Gasteiger partial charge in [0.1, 0.15) is 0 Å². The van der Waals surface area contributed by atoms with Crippen molar-refractivity contribution < 1.29 is 4.79 Å². The van der Waals surface area contributed by atoms with E-state index in [9.17, 15) is 4.79 Å². The molecule has 0 saturated heterocycles. The van der Waals surface area contributed by atoms with Gasteiger partial charge in [-0.05, 0) is 42.4 Å². The van der Waals surface area contributed by atoms with E-state index in [4.69, 9.17) is 0 Å². The molecule has 1 amide bonds. The Morgan fingerprint density at radius 1 is 1.00 bits per heavy atom. The van der Waals surface area contributed by atoms with Gasteiger partial charge in [0.05, 0.1) is 6.42 Å². The van der Waals surface area contributed by atoms with E-state index in [1.165, 1.54) is 0 Å². The van der Waals surface area contributed by atoms with Crippen LogP contribution in [-0.2, 0) is 11.2 Å². The molecular formula is C18H29NOS. The summed E-state index contributed by atoms with van der Waals surface area (Å²) in [6, 6.07) is 7.86. The van der Waals surface area contributed by atoms with Crippen molar-refractivity contribution in [3.63, 3.8) is 0 Å². The maximum absolute atomic E-state index is 12.5. The molecule has 0 unspecified atom stereocenters. The molecular weight excluding hydrogens is 278 g/mol. The van der Waals surface area contributed by atoms with Crippen LogP contribution in [0.3, 0.4) is 0 Å². The molecule has 0 N–H and O–H groups in total. The zero-order valence-electron chi connectivity index (χ0n) is 13.8. The highest BCUT2D eigenvalue weighted by Crippen LogP contribution is 2.12. The molecule has 1 aromatic carbocycles. The molecule has 1 aromatic rings. The average Bonchev–Trinajstić information content (AvgIpc) is 2.40. The van der Waals surface area contributed by atoms with Gasteiger partial charge >= 0.3 is 0 Å². The van der Waals surface area contributed by atoms with E-state index in [-0.39, 0.29) is 5.91 Å². The Kier molecular flexibility index (Phi) is 7.87. The van der Waals surface area contributed by atoms with Crippen LogP contribution in [0, 0.1) is 11.8 Å². The summed E-state index contributed by atoms with van der Waals surface area (Å²) in [5.74, 6) is 1.49. The standard InChI is InChI=1S/C18H29NOS/c1-14(2)9-11-19(12-10-15(3)4)18(20)13-16-5-7-17(21)8-6-16/h5-8,14-15,21H,9-13H2,1-4H3. The lowest BCUT2D eigenvalue weighted by molar-refractivity contribution is -0.130. The SMILES string of the molecule is CC(C)CCN(CCC(C)C)C(=O)Cc1ccc(S)cc1. The Balaban J connectivity index is 2.62. The third kappa shape index (κ3) is 7.56. The number of hydrogen-bond donors (Lipinski definition) is 1. The van der Waals surface area contributed by atoms with E-state index >= 15 is 0 Å². The van der Waals surface area contributed by atoms with Crippen molar-refractivity contribution in [1.82, 2.24) is 4.90 Å². The monoisotopic (exact) mass is 307 g/mol. The number of rotatable bonds is 8. The summed E-state index contributed by atoms with van der Waals surface area (Å²) in [6.45, 7) is 10.6. The number of carbonyl (C=O) groups excluding carboxylic acids is 1. The van der Waals surface area contributed by atoms with Crippen molar-refractivity contribution >= 4 is 18.5 Å². The highest BCUT2D eigenvalue weighted by molar-refractivity contribution is 7.80. The minimum Gasteiger partial charge on any atom is -0.342 e. The van der Waals surface area contributed by atoms with E-state index in [1.807, 2.05) is 29.2 Å². The molecule has 0 spiro atoms. The molecule has 0 aromatic heterocycles. The molecule has 0 saturated carbocycles. The second kappa shape index (κ2) is 9.14. The molecule has 1 rings (SSSR count). The summed E-state index contributed by atoms with van der Waals surface area (Å²) in [7, 11) is 0. The molecule has 0 fully saturated rings. The van der Waals surface area contributed by atoms with Gasteiger partial charge in [0.2, 0.25) is 5.91 Å². The zero-order chi connectivity index (χ0) is 15.8. The van der Waals surface area contributed by atoms with Crippen LogP contribution in [0.4, 0.5) is 0 Å². The highest BCUT2D eigenvalue weighted by Gasteiger charge is 2.14. The Morgan fingerprint density at radius 3 is 1.90 bits per heavy atom. The first-order valence-corrected chi connectivity index (χ1v) is 8.39. The van der Waals surface area contributed by atoms with Gasteiger partial charge in [0, 0.05) is 18.0 Å². The van der Waals surface area contributed by atoms with Crippen molar-refractivity contribution in [1.29, 1.82) is 0 Å². The van der Waals surface area contributed by atoms with Crippen LogP contribution in [-0.4, -0.2) is 23.9 Å². The first kappa shape index (κ1) is 18.1. The quantitative estimate of drug-likeness (QED) is 0.704. The van der Waals surface area contributed by atoms with Gasteiger partial charge in [-0.1, -0.05) is 39.8 Å². The van der Waals surface area contributed by atoms with Gasteiger partial charge in [-0.2, -0.15) is 0 Å². The lowest BCUT2D eigenvalue weighted by Crippen LogP contribution is -2.35. The number of carbonyl (C=O) groups is 1. The van der Waals surface area contributed by atoms with Gasteiger partial charge in [0.15, 0.2) is 0 Å². The van der Waals surface area contributed by atoms with Gasteiger partial charge in [-0.25, -0.2) is 0 Å². The van der Waals surface area contributed by atoms with Crippen molar-refractivity contribution in [3.05, 3.63) is 29.8 Å². The normalized spacial score (nSPS) is 11.2. The van der Waals surface area contributed by atoms with Crippen LogP contribution >= 0.6 is 12.6 Å². The maximum atomic E-state index is 12.5. The molecule has 0 atom stereocenters. The Labute approximate surface area is 135 Å². The molecule has 0 aliphatic carbocycles. The Bertz CT molecular complexity index is 413. The number of hydrogen-bond acceptors (Lipinski definition) is 2. The van der Waals surface area contributed by atoms with Crippen LogP contribution in [0.1, 0.15) is 46.1 Å². The van der Waals surface area contributed by atoms with E-state index in [1.54, 1.807) is 0 Å². The largest absolute Gasteiger partial charge is 0.342 e. The second-order valence-corrected chi connectivity index (χ2v) is 7.11. The summed E-state index contributed by atoms with van der Waals surface area (Å²) in [5.41, 5.74) is 1.07. The van der Waals surface area contributed by atoms with Crippen molar-refractivity contribution in [2.24, 2.45) is 11.8 Å². The molecule has 0 radical (unpaired) electrons. The molecule has 0 heterocycles. The van der Waals surface area contributed by atoms with Crippen LogP contribution in [0.25, 0.3) is 0 Å². The minimum absolute atomic E-state index is 0.239. The molecule has 0 bridgehead atoms. The van der Waals surface area contributed by atoms with Gasteiger partial charge in [-0.15, -0.1) is 12.6 Å². The van der Waals surface area contributed by atoms with Crippen LogP contribution < -0.4 is 0 Å². The Morgan fingerprint density at radius 2 is 1.48 bits per heavy atom. The summed E-state index contributed by atoms with van der Waals surface area (Å²) < 4.78 is 0. The molecule has 0 aliphatic rings. The summed E-state index contributed by atoms with van der Waals surface area (Å²) in [6.07, 6.45) is 2.63. The molecule has 2 nitrogen and oxygen atoms in total. The first-order chi connectivity index (χ1) is 9.88. The summed E-state index contributed by atoms with van der Waals surface area (Å²) in [5, 5.41) is 0. The smallest absolute Gasteiger partial charge is 0.226 e. The van der Waals surface area contributed by atoms with Gasteiger partial charge < -0.3 is 4.90 Å². The third-order valence-corrected chi connectivity index (χ3v) is 3.90. The highest BCUT2D eigenvalue weighted by atomic mass is 32.1. The summed E-state index contributed by atoms with van der Waals surface area (Å²) >= 11 is 4.28. The summed E-state index contributed by atoms with van der Waals surface area (Å²) in [4.78, 5) is 15.5. The molecule has 3 heteroatoms. The Hall–Kier alpha value is -0.960. The third-order valence-electron chi connectivity index (χ3n) is 3.60. The van der Waals surface area contributed by atoms with E-state index in [0.717, 1.165) is 36.4 Å². The second-order valence-electron chi connectivity index (χ2n) is 6.59. The van der Waals surface area contributed by atoms with Crippen molar-refractivity contribution in [3.8, 4) is 0 Å². The van der Waals surface area contributed by atoms with Crippen molar-refractivity contribution in [2.75, 3.05) is 13.1 Å². The van der Waals surface area contributed by atoms with Crippen LogP contribution in [0.5, 0.6) is 0 Å². The van der Waals surface area contributed by atoms with Gasteiger partial charge in [-0.3, -0.25) is 4.79 Å². The number of benzene rings is 1. The fourth-order valence-electron chi connectivity index (χ4n) is 2.09. The fourth-order valence-corrected chi connectivity index (χ4v) is 2.24. The number of amides is 1. The zero-order valence-corrected chi connectivity index (χ0v) is 14.7. The van der Waals surface area contributed by atoms with Gasteiger partial charge in [0.25, 0.3) is 0 Å². The van der Waals surface area contributed by atoms with Crippen LogP contribution in [0.2, 0.25) is 0 Å². The molecule has 118 valence electrons. The van der Waals surface area contributed by atoms with Crippen molar-refractivity contribution in [2.45, 2.75) is 51.9 Å². The number of thiol groups is 1. The predicted octanol–water partition coefficient (Wildman–Crippen LogP) is 4.44. The van der Waals surface area contributed by atoms with E-state index < -0.39 is 0 Å². The van der Waals surface area contributed by atoms with E-state index in [0.29, 0.717) is 18.3 Å². The van der Waals surface area contributed by atoms with Crippen LogP contribution in [0.15, 0.2) is 29.2 Å². The minimum atomic E-state index is 0.239. The lowest BCUT2D eigenvalue weighted by atomic mass is 10.1. The first-order valence-electron chi connectivity index (χ1n) is 7.94. The maximum Gasteiger partial charge on any atom is 0.226 e. The molecule has 0 aliphatic heterocycles. The fraction of sp³-hybridized carbons (Fsp3) is 0.611. The average molecular weight is 308 g/mol.